The minimum atomic E-state index is 0.163. The number of aromatic nitrogens is 3. The molecule has 5 nitrogen and oxygen atoms in total. The first-order chi connectivity index (χ1) is 10.4. The van der Waals surface area contributed by atoms with Gasteiger partial charge >= 0.3 is 0 Å². The van der Waals surface area contributed by atoms with Gasteiger partial charge in [0, 0.05) is 43.2 Å². The number of H-pyrrole nitrogens is 1. The molecule has 2 aromatic rings. The summed E-state index contributed by atoms with van der Waals surface area (Å²) in [7, 11) is 1.87. The first-order valence-electron chi connectivity index (χ1n) is 7.55. The molecular weight excluding hydrogens is 296 g/mol. The lowest BCUT2D eigenvalue weighted by Crippen LogP contribution is -2.31. The van der Waals surface area contributed by atoms with E-state index in [4.69, 9.17) is 0 Å². The number of nitrogens with one attached hydrogen (secondary N) is 1. The van der Waals surface area contributed by atoms with Crippen LogP contribution in [0.2, 0.25) is 0 Å². The van der Waals surface area contributed by atoms with Crippen LogP contribution in [0.25, 0.3) is 0 Å². The van der Waals surface area contributed by atoms with Crippen molar-refractivity contribution in [3.8, 4) is 0 Å². The molecule has 0 fully saturated rings. The van der Waals surface area contributed by atoms with Crippen molar-refractivity contribution in [1.29, 1.82) is 0 Å². The van der Waals surface area contributed by atoms with Gasteiger partial charge in [-0.25, -0.2) is 4.98 Å². The average molecular weight is 320 g/mol. The highest BCUT2D eigenvalue weighted by molar-refractivity contribution is 7.09. The number of aromatic amines is 1. The topological polar surface area (TPSA) is 61.9 Å². The number of carbonyl (C=O) groups is 1. The molecule has 22 heavy (non-hydrogen) atoms. The van der Waals surface area contributed by atoms with Crippen molar-refractivity contribution in [2.45, 2.75) is 46.0 Å². The van der Waals surface area contributed by atoms with Gasteiger partial charge in [-0.1, -0.05) is 13.8 Å². The molecule has 0 saturated carbocycles. The summed E-state index contributed by atoms with van der Waals surface area (Å²) >= 11 is 1.64. The second kappa shape index (κ2) is 7.05. The van der Waals surface area contributed by atoms with Crippen molar-refractivity contribution in [3.63, 3.8) is 0 Å². The van der Waals surface area contributed by atoms with Crippen LogP contribution < -0.4 is 0 Å². The maximum atomic E-state index is 12.5. The van der Waals surface area contributed by atoms with Crippen molar-refractivity contribution >= 4 is 17.2 Å². The minimum absolute atomic E-state index is 0.163. The zero-order valence-electron chi connectivity index (χ0n) is 13.9. The quantitative estimate of drug-likeness (QED) is 0.889. The number of rotatable bonds is 6. The number of amides is 1. The number of nitrogens with zero attached hydrogens (tertiary/aromatic N) is 3. The Hall–Kier alpha value is -1.69. The maximum Gasteiger partial charge on any atom is 0.222 e. The number of aryl methyl sites for hydroxylation is 2. The first kappa shape index (κ1) is 16.7. The lowest BCUT2D eigenvalue weighted by Gasteiger charge is -2.22. The summed E-state index contributed by atoms with van der Waals surface area (Å²) in [6.07, 6.45) is 2.31. The van der Waals surface area contributed by atoms with E-state index < -0.39 is 0 Å². The van der Waals surface area contributed by atoms with Crippen LogP contribution in [0.5, 0.6) is 0 Å². The third-order valence-corrected chi connectivity index (χ3v) is 5.01. The Morgan fingerprint density at radius 2 is 2.09 bits per heavy atom. The Bertz CT molecular complexity index is 601. The molecule has 0 unspecified atom stereocenters. The van der Waals surface area contributed by atoms with Crippen LogP contribution in [-0.2, 0) is 4.79 Å². The second-order valence-electron chi connectivity index (χ2n) is 6.00. The van der Waals surface area contributed by atoms with Crippen LogP contribution in [0.15, 0.2) is 11.6 Å². The van der Waals surface area contributed by atoms with Crippen molar-refractivity contribution in [1.82, 2.24) is 20.1 Å². The van der Waals surface area contributed by atoms with E-state index in [1.54, 1.807) is 11.3 Å². The van der Waals surface area contributed by atoms with Crippen LogP contribution >= 0.6 is 11.3 Å². The monoisotopic (exact) mass is 320 g/mol. The Morgan fingerprint density at radius 3 is 2.64 bits per heavy atom. The van der Waals surface area contributed by atoms with E-state index in [2.05, 4.69) is 29.0 Å². The SMILES string of the molecule is Cc1n[nH]c(C)c1[C@H](C)CC(=O)N(C)C[C@@H](C)c1nccs1. The third kappa shape index (κ3) is 3.74. The second-order valence-corrected chi connectivity index (χ2v) is 6.92. The molecule has 2 atom stereocenters. The third-order valence-electron chi connectivity index (χ3n) is 4.01. The first-order valence-corrected chi connectivity index (χ1v) is 8.43. The molecule has 2 rings (SSSR count). The molecule has 0 aliphatic carbocycles. The Labute approximate surface area is 135 Å². The Kier molecular flexibility index (Phi) is 5.34. The number of thiazole rings is 1. The molecule has 2 aromatic heterocycles. The largest absolute Gasteiger partial charge is 0.345 e. The molecule has 1 N–H and O–H groups in total. The van der Waals surface area contributed by atoms with Gasteiger partial charge in [0.05, 0.1) is 10.7 Å². The average Bonchev–Trinajstić information content (AvgIpc) is 3.08. The van der Waals surface area contributed by atoms with Gasteiger partial charge in [0.1, 0.15) is 0 Å². The molecule has 0 bridgehead atoms. The summed E-state index contributed by atoms with van der Waals surface area (Å²) in [5.74, 6) is 0.599. The fourth-order valence-corrected chi connectivity index (χ4v) is 3.56. The van der Waals surface area contributed by atoms with Crippen molar-refractivity contribution < 1.29 is 4.79 Å². The highest BCUT2D eigenvalue weighted by Gasteiger charge is 2.21. The van der Waals surface area contributed by atoms with E-state index >= 15 is 0 Å². The molecule has 120 valence electrons. The van der Waals surface area contributed by atoms with Crippen LogP contribution in [0.3, 0.4) is 0 Å². The lowest BCUT2D eigenvalue weighted by atomic mass is 9.95. The standard InChI is InChI=1S/C16H24N4OS/c1-10(15-12(3)18-19-13(15)4)8-14(21)20(5)9-11(2)16-17-6-7-22-16/h6-7,10-11H,8-9H2,1-5H3,(H,18,19)/t10-,11-/m1/s1. The predicted octanol–water partition coefficient (Wildman–Crippen LogP) is 3.24. The van der Waals surface area contributed by atoms with Gasteiger partial charge in [-0.3, -0.25) is 9.89 Å². The zero-order valence-corrected chi connectivity index (χ0v) is 14.7. The fourth-order valence-electron chi connectivity index (χ4n) is 2.87. The van der Waals surface area contributed by atoms with E-state index in [1.807, 2.05) is 37.4 Å². The summed E-state index contributed by atoms with van der Waals surface area (Å²) in [5, 5.41) is 10.3. The van der Waals surface area contributed by atoms with Gasteiger partial charge in [-0.05, 0) is 25.3 Å². The summed E-state index contributed by atoms with van der Waals surface area (Å²) in [6.45, 7) is 8.87. The van der Waals surface area contributed by atoms with Crippen molar-refractivity contribution in [2.75, 3.05) is 13.6 Å². The number of likely N-dealkylation sites (N-methyl/N-ethyl adjacent to an activating group) is 1. The molecule has 0 aliphatic rings. The smallest absolute Gasteiger partial charge is 0.222 e. The van der Waals surface area contributed by atoms with Crippen LogP contribution in [0, 0.1) is 13.8 Å². The predicted molar refractivity (Wildman–Crippen MR) is 89.3 cm³/mol. The number of carbonyl (C=O) groups excluding carboxylic acids is 1. The Balaban J connectivity index is 1.94. The molecule has 0 aliphatic heterocycles. The molecule has 0 spiro atoms. The van der Waals surface area contributed by atoms with Gasteiger partial charge in [0.25, 0.3) is 0 Å². The van der Waals surface area contributed by atoms with Crippen LogP contribution in [-0.4, -0.2) is 39.6 Å². The molecule has 2 heterocycles. The van der Waals surface area contributed by atoms with E-state index in [0.717, 1.165) is 22.0 Å². The molecule has 0 saturated heterocycles. The van der Waals surface area contributed by atoms with E-state index in [9.17, 15) is 4.79 Å². The molecule has 6 heteroatoms. The molecule has 1 amide bonds. The molecule has 0 aromatic carbocycles. The summed E-state index contributed by atoms with van der Waals surface area (Å²) < 4.78 is 0. The lowest BCUT2D eigenvalue weighted by molar-refractivity contribution is -0.130. The Morgan fingerprint density at radius 1 is 1.36 bits per heavy atom. The normalized spacial score (nSPS) is 13.9. The van der Waals surface area contributed by atoms with Crippen molar-refractivity contribution in [2.24, 2.45) is 0 Å². The highest BCUT2D eigenvalue weighted by atomic mass is 32.1. The minimum Gasteiger partial charge on any atom is -0.345 e. The van der Waals surface area contributed by atoms with Gasteiger partial charge in [-0.2, -0.15) is 5.10 Å². The number of hydrogen-bond acceptors (Lipinski definition) is 4. The van der Waals surface area contributed by atoms with Gasteiger partial charge in [0.15, 0.2) is 0 Å². The van der Waals surface area contributed by atoms with Gasteiger partial charge in [0.2, 0.25) is 5.91 Å². The summed E-state index contributed by atoms with van der Waals surface area (Å²) in [5.41, 5.74) is 3.20. The summed E-state index contributed by atoms with van der Waals surface area (Å²) in [6, 6.07) is 0. The van der Waals surface area contributed by atoms with E-state index in [1.165, 1.54) is 0 Å². The van der Waals surface area contributed by atoms with Crippen molar-refractivity contribution in [3.05, 3.63) is 33.5 Å². The molecular formula is C16H24N4OS. The highest BCUT2D eigenvalue weighted by Crippen LogP contribution is 2.25. The number of hydrogen-bond donors (Lipinski definition) is 1. The van der Waals surface area contributed by atoms with Gasteiger partial charge in [-0.15, -0.1) is 11.3 Å². The summed E-state index contributed by atoms with van der Waals surface area (Å²) in [4.78, 5) is 18.6. The molecule has 0 radical (unpaired) electrons. The van der Waals surface area contributed by atoms with E-state index in [-0.39, 0.29) is 17.7 Å². The van der Waals surface area contributed by atoms with E-state index in [0.29, 0.717) is 13.0 Å². The van der Waals surface area contributed by atoms with Gasteiger partial charge < -0.3 is 4.90 Å². The zero-order chi connectivity index (χ0) is 16.3. The van der Waals surface area contributed by atoms with Crippen LogP contribution in [0.1, 0.15) is 54.1 Å². The van der Waals surface area contributed by atoms with Crippen LogP contribution in [0.4, 0.5) is 0 Å². The maximum absolute atomic E-state index is 12.5. The fraction of sp³-hybridized carbons (Fsp3) is 0.562.